The molecule has 0 amide bonds. The summed E-state index contributed by atoms with van der Waals surface area (Å²) < 4.78 is 5.14. The van der Waals surface area contributed by atoms with Gasteiger partial charge in [0.25, 0.3) is 0 Å². The van der Waals surface area contributed by atoms with Crippen molar-refractivity contribution in [2.24, 2.45) is 10.9 Å². The maximum absolute atomic E-state index is 5.14. The van der Waals surface area contributed by atoms with Crippen LogP contribution in [-0.4, -0.2) is 13.3 Å². The van der Waals surface area contributed by atoms with Crippen LogP contribution in [0.4, 0.5) is 5.69 Å². The van der Waals surface area contributed by atoms with Gasteiger partial charge < -0.3 is 4.74 Å². The molecule has 2 aromatic rings. The molecule has 0 heterocycles. The number of rotatable bonds is 6. The molecule has 21 heavy (non-hydrogen) atoms. The normalized spacial score (nSPS) is 12.5. The third kappa shape index (κ3) is 4.75. The van der Waals surface area contributed by atoms with Gasteiger partial charge in [0.1, 0.15) is 5.75 Å². The molecule has 0 saturated carbocycles. The molecule has 0 aliphatic carbocycles. The molecule has 0 fully saturated rings. The second-order valence-corrected chi connectivity index (χ2v) is 5.42. The Hall–Kier alpha value is -2.09. The lowest BCUT2D eigenvalue weighted by atomic mass is 9.99. The number of methoxy groups -OCH3 is 1. The zero-order valence-electron chi connectivity index (χ0n) is 13.0. The van der Waals surface area contributed by atoms with E-state index in [-0.39, 0.29) is 0 Å². The van der Waals surface area contributed by atoms with Crippen molar-refractivity contribution in [2.75, 3.05) is 7.11 Å². The van der Waals surface area contributed by atoms with E-state index >= 15 is 0 Å². The molecule has 0 saturated heterocycles. The SMILES string of the molecule is CCC(C)Cc1ccc(N=Cc2ccc(OC)cc2)cc1. The standard InChI is InChI=1S/C19H23NO/c1-4-15(2)13-16-5-9-18(10-6-16)20-14-17-7-11-19(21-3)12-8-17/h5-12,14-15H,4,13H2,1-3H3. The molecule has 110 valence electrons. The number of hydrogen-bond acceptors (Lipinski definition) is 2. The largest absolute Gasteiger partial charge is 0.497 e. The van der Waals surface area contributed by atoms with Gasteiger partial charge in [-0.2, -0.15) is 0 Å². The van der Waals surface area contributed by atoms with E-state index in [1.54, 1.807) is 7.11 Å². The first-order valence-corrected chi connectivity index (χ1v) is 7.48. The van der Waals surface area contributed by atoms with Gasteiger partial charge in [0, 0.05) is 6.21 Å². The Morgan fingerprint density at radius 2 is 1.71 bits per heavy atom. The van der Waals surface area contributed by atoms with Crippen LogP contribution < -0.4 is 4.74 Å². The lowest BCUT2D eigenvalue weighted by Gasteiger charge is -2.08. The highest BCUT2D eigenvalue weighted by Gasteiger charge is 2.00. The van der Waals surface area contributed by atoms with E-state index in [0.717, 1.165) is 29.3 Å². The van der Waals surface area contributed by atoms with Crippen LogP contribution in [0.15, 0.2) is 53.5 Å². The molecule has 0 aromatic heterocycles. The molecule has 2 nitrogen and oxygen atoms in total. The second kappa shape index (κ2) is 7.63. The summed E-state index contributed by atoms with van der Waals surface area (Å²) >= 11 is 0. The molecule has 0 N–H and O–H groups in total. The van der Waals surface area contributed by atoms with E-state index in [9.17, 15) is 0 Å². The van der Waals surface area contributed by atoms with Gasteiger partial charge in [-0.1, -0.05) is 32.4 Å². The topological polar surface area (TPSA) is 21.6 Å². The molecule has 1 unspecified atom stereocenters. The first-order chi connectivity index (χ1) is 10.2. The van der Waals surface area contributed by atoms with Crippen LogP contribution in [0.5, 0.6) is 5.75 Å². The summed E-state index contributed by atoms with van der Waals surface area (Å²) in [5.41, 5.74) is 3.44. The fourth-order valence-corrected chi connectivity index (χ4v) is 2.10. The Kier molecular flexibility index (Phi) is 5.56. The van der Waals surface area contributed by atoms with Gasteiger partial charge in [0.2, 0.25) is 0 Å². The highest BCUT2D eigenvalue weighted by atomic mass is 16.5. The van der Waals surface area contributed by atoms with Crippen LogP contribution >= 0.6 is 0 Å². The van der Waals surface area contributed by atoms with Crippen LogP contribution in [0.2, 0.25) is 0 Å². The van der Waals surface area contributed by atoms with Gasteiger partial charge in [-0.25, -0.2) is 0 Å². The van der Waals surface area contributed by atoms with Gasteiger partial charge in [0.15, 0.2) is 0 Å². The molecule has 0 aliphatic rings. The molecule has 0 aliphatic heterocycles. The van der Waals surface area contributed by atoms with Crippen LogP contribution in [0.25, 0.3) is 0 Å². The quantitative estimate of drug-likeness (QED) is 0.680. The van der Waals surface area contributed by atoms with E-state index in [4.69, 9.17) is 4.74 Å². The molecule has 0 bridgehead atoms. The van der Waals surface area contributed by atoms with Crippen LogP contribution in [0.3, 0.4) is 0 Å². The highest BCUT2D eigenvalue weighted by molar-refractivity contribution is 5.82. The third-order valence-corrected chi connectivity index (χ3v) is 3.70. The fraction of sp³-hybridized carbons (Fsp3) is 0.316. The zero-order chi connectivity index (χ0) is 15.1. The summed E-state index contributed by atoms with van der Waals surface area (Å²) in [4.78, 5) is 4.51. The summed E-state index contributed by atoms with van der Waals surface area (Å²) in [5, 5.41) is 0. The van der Waals surface area contributed by atoms with E-state index in [2.05, 4.69) is 43.1 Å². The first kappa shape index (κ1) is 15.3. The van der Waals surface area contributed by atoms with Crippen LogP contribution in [0, 0.1) is 5.92 Å². The Morgan fingerprint density at radius 1 is 1.05 bits per heavy atom. The van der Waals surface area contributed by atoms with Gasteiger partial charge in [-0.3, -0.25) is 4.99 Å². The van der Waals surface area contributed by atoms with Crippen molar-refractivity contribution in [1.82, 2.24) is 0 Å². The molecular weight excluding hydrogens is 258 g/mol. The van der Waals surface area contributed by atoms with Gasteiger partial charge in [0.05, 0.1) is 12.8 Å². The molecule has 1 atom stereocenters. The first-order valence-electron chi connectivity index (χ1n) is 7.48. The maximum Gasteiger partial charge on any atom is 0.118 e. The average Bonchev–Trinajstić information content (AvgIpc) is 2.54. The maximum atomic E-state index is 5.14. The Balaban J connectivity index is 2.00. The lowest BCUT2D eigenvalue weighted by molar-refractivity contribution is 0.415. The molecule has 2 aromatic carbocycles. The van der Waals surface area contributed by atoms with Crippen molar-refractivity contribution < 1.29 is 4.74 Å². The predicted molar refractivity (Wildman–Crippen MR) is 89.8 cm³/mol. The van der Waals surface area contributed by atoms with Gasteiger partial charge >= 0.3 is 0 Å². The third-order valence-electron chi connectivity index (χ3n) is 3.70. The number of nitrogens with zero attached hydrogens (tertiary/aromatic N) is 1. The van der Waals surface area contributed by atoms with Crippen LogP contribution in [0.1, 0.15) is 31.4 Å². The summed E-state index contributed by atoms with van der Waals surface area (Å²) in [5.74, 6) is 1.60. The Morgan fingerprint density at radius 3 is 2.29 bits per heavy atom. The Bertz CT molecular complexity index is 570. The van der Waals surface area contributed by atoms with Crippen LogP contribution in [-0.2, 0) is 6.42 Å². The van der Waals surface area contributed by atoms with E-state index in [1.165, 1.54) is 12.0 Å². The summed E-state index contributed by atoms with van der Waals surface area (Å²) in [6.45, 7) is 4.52. The molecule has 0 radical (unpaired) electrons. The van der Waals surface area contributed by atoms with Crippen molar-refractivity contribution >= 4 is 11.9 Å². The lowest BCUT2D eigenvalue weighted by Crippen LogP contribution is -1.96. The van der Waals surface area contributed by atoms with E-state index in [0.29, 0.717) is 0 Å². The summed E-state index contributed by atoms with van der Waals surface area (Å²) in [6, 6.07) is 16.4. The summed E-state index contributed by atoms with van der Waals surface area (Å²) in [6.07, 6.45) is 4.24. The van der Waals surface area contributed by atoms with Gasteiger partial charge in [-0.05, 0) is 59.9 Å². The molecular formula is C19H23NO. The minimum Gasteiger partial charge on any atom is -0.497 e. The summed E-state index contributed by atoms with van der Waals surface area (Å²) in [7, 11) is 1.67. The number of ether oxygens (including phenoxy) is 1. The number of benzene rings is 2. The van der Waals surface area contributed by atoms with Crippen molar-refractivity contribution in [3.63, 3.8) is 0 Å². The monoisotopic (exact) mass is 281 g/mol. The number of aliphatic imine (C=N–C) groups is 1. The molecule has 0 spiro atoms. The van der Waals surface area contributed by atoms with E-state index in [1.807, 2.05) is 30.5 Å². The minimum absolute atomic E-state index is 0.735. The highest BCUT2D eigenvalue weighted by Crippen LogP contribution is 2.17. The van der Waals surface area contributed by atoms with Crippen molar-refractivity contribution in [3.05, 3.63) is 59.7 Å². The second-order valence-electron chi connectivity index (χ2n) is 5.42. The number of hydrogen-bond donors (Lipinski definition) is 0. The molecule has 2 heteroatoms. The molecule has 2 rings (SSSR count). The van der Waals surface area contributed by atoms with Crippen molar-refractivity contribution in [3.8, 4) is 5.75 Å². The van der Waals surface area contributed by atoms with Crippen molar-refractivity contribution in [1.29, 1.82) is 0 Å². The Labute approximate surface area is 127 Å². The minimum atomic E-state index is 0.735. The van der Waals surface area contributed by atoms with Crippen molar-refractivity contribution in [2.45, 2.75) is 26.7 Å². The average molecular weight is 281 g/mol. The zero-order valence-corrected chi connectivity index (χ0v) is 13.0. The predicted octanol–water partition coefficient (Wildman–Crippen LogP) is 5.03. The van der Waals surface area contributed by atoms with E-state index < -0.39 is 0 Å². The smallest absolute Gasteiger partial charge is 0.118 e. The fourth-order valence-electron chi connectivity index (χ4n) is 2.10. The van der Waals surface area contributed by atoms with Gasteiger partial charge in [-0.15, -0.1) is 0 Å².